The van der Waals surface area contributed by atoms with E-state index in [9.17, 15) is 19.2 Å². The lowest BCUT2D eigenvalue weighted by atomic mass is 9.86. The van der Waals surface area contributed by atoms with E-state index in [0.29, 0.717) is 0 Å². The first-order valence-corrected chi connectivity index (χ1v) is 7.62. The van der Waals surface area contributed by atoms with Crippen LogP contribution >= 0.6 is 11.6 Å². The van der Waals surface area contributed by atoms with Gasteiger partial charge in [0.25, 0.3) is 5.91 Å². The lowest BCUT2D eigenvalue weighted by molar-refractivity contribution is -0.161. The molecule has 9 heteroatoms. The molecule has 0 fully saturated rings. The van der Waals surface area contributed by atoms with Gasteiger partial charge in [-0.05, 0) is 12.1 Å². The molecule has 0 radical (unpaired) electrons. The number of hydrogen-bond acceptors (Lipinski definition) is 6. The van der Waals surface area contributed by atoms with Gasteiger partial charge >= 0.3 is 11.9 Å². The largest absolute Gasteiger partial charge is 0.468 e. The SMILES string of the molecule is COC(=O)C(C(=O)OC)[C@@H](C)[C@H](NC(=O)c1ccccc1Cl)C(N)=O. The zero-order valence-corrected chi connectivity index (χ0v) is 14.7. The van der Waals surface area contributed by atoms with Crippen molar-refractivity contribution in [3.05, 3.63) is 34.9 Å². The molecule has 0 aromatic heterocycles. The van der Waals surface area contributed by atoms with Gasteiger partial charge in [-0.1, -0.05) is 30.7 Å². The summed E-state index contributed by atoms with van der Waals surface area (Å²) in [5.41, 5.74) is 5.45. The van der Waals surface area contributed by atoms with Crippen LogP contribution in [0.5, 0.6) is 0 Å². The first-order valence-electron chi connectivity index (χ1n) is 7.24. The Labute approximate surface area is 149 Å². The lowest BCUT2D eigenvalue weighted by Gasteiger charge is -2.26. The second kappa shape index (κ2) is 9.03. The van der Waals surface area contributed by atoms with Gasteiger partial charge in [-0.25, -0.2) is 0 Å². The highest BCUT2D eigenvalue weighted by Gasteiger charge is 2.41. The number of rotatable bonds is 7. The summed E-state index contributed by atoms with van der Waals surface area (Å²) in [6, 6.07) is 4.86. The Hall–Kier alpha value is -2.61. The van der Waals surface area contributed by atoms with Crippen LogP contribution in [0.1, 0.15) is 17.3 Å². The fourth-order valence-corrected chi connectivity index (χ4v) is 2.52. The van der Waals surface area contributed by atoms with Gasteiger partial charge < -0.3 is 20.5 Å². The van der Waals surface area contributed by atoms with Crippen molar-refractivity contribution in [1.82, 2.24) is 5.32 Å². The van der Waals surface area contributed by atoms with Crippen molar-refractivity contribution in [2.45, 2.75) is 13.0 Å². The minimum Gasteiger partial charge on any atom is -0.468 e. The first-order chi connectivity index (χ1) is 11.7. The zero-order valence-electron chi connectivity index (χ0n) is 13.9. The Morgan fingerprint density at radius 1 is 1.08 bits per heavy atom. The number of esters is 2. The van der Waals surface area contributed by atoms with E-state index in [1.807, 2.05) is 0 Å². The molecule has 0 heterocycles. The van der Waals surface area contributed by atoms with Crippen LogP contribution in [-0.2, 0) is 23.9 Å². The summed E-state index contributed by atoms with van der Waals surface area (Å²) in [6.45, 7) is 1.40. The number of benzene rings is 1. The Bertz CT molecular complexity index is 662. The van der Waals surface area contributed by atoms with E-state index in [0.717, 1.165) is 14.2 Å². The highest BCUT2D eigenvalue weighted by atomic mass is 35.5. The fraction of sp³-hybridized carbons (Fsp3) is 0.375. The maximum atomic E-state index is 12.4. The van der Waals surface area contributed by atoms with Gasteiger partial charge in [0.2, 0.25) is 5.91 Å². The monoisotopic (exact) mass is 370 g/mol. The number of ether oxygens (including phenoxy) is 2. The molecular weight excluding hydrogens is 352 g/mol. The standard InChI is InChI=1S/C16H19ClN2O6/c1-8(11(15(22)24-2)16(23)25-3)12(13(18)20)19-14(21)9-6-4-5-7-10(9)17/h4-8,11-12H,1-3H3,(H2,18,20)(H,19,21)/t8-,12+/m1/s1. The summed E-state index contributed by atoms with van der Waals surface area (Å²) < 4.78 is 9.14. The first kappa shape index (κ1) is 20.4. The molecule has 1 aromatic carbocycles. The molecule has 0 bridgehead atoms. The van der Waals surface area contributed by atoms with E-state index in [1.165, 1.54) is 19.1 Å². The molecule has 0 aliphatic rings. The van der Waals surface area contributed by atoms with E-state index in [4.69, 9.17) is 17.3 Å². The second-order valence-corrected chi connectivity index (χ2v) is 5.62. The predicted octanol–water partition coefficient (Wildman–Crippen LogP) is 0.522. The van der Waals surface area contributed by atoms with Crippen molar-refractivity contribution in [2.24, 2.45) is 17.6 Å². The molecule has 3 N–H and O–H groups in total. The summed E-state index contributed by atoms with van der Waals surface area (Å²) in [6.07, 6.45) is 0. The molecule has 136 valence electrons. The van der Waals surface area contributed by atoms with Crippen LogP contribution < -0.4 is 11.1 Å². The second-order valence-electron chi connectivity index (χ2n) is 5.22. The van der Waals surface area contributed by atoms with Crippen LogP contribution in [0.25, 0.3) is 0 Å². The van der Waals surface area contributed by atoms with Crippen LogP contribution in [0.2, 0.25) is 5.02 Å². The average molecular weight is 371 g/mol. The van der Waals surface area contributed by atoms with Gasteiger partial charge in [-0.2, -0.15) is 0 Å². The number of amides is 2. The molecule has 0 saturated carbocycles. The normalized spacial score (nSPS) is 12.8. The Morgan fingerprint density at radius 2 is 1.60 bits per heavy atom. The van der Waals surface area contributed by atoms with Crippen molar-refractivity contribution in [1.29, 1.82) is 0 Å². The van der Waals surface area contributed by atoms with Crippen LogP contribution in [0.4, 0.5) is 0 Å². The quantitative estimate of drug-likeness (QED) is 0.532. The zero-order chi connectivity index (χ0) is 19.1. The number of methoxy groups -OCH3 is 2. The van der Waals surface area contributed by atoms with Gasteiger partial charge in [-0.3, -0.25) is 19.2 Å². The van der Waals surface area contributed by atoms with E-state index in [1.54, 1.807) is 12.1 Å². The molecule has 0 unspecified atom stereocenters. The van der Waals surface area contributed by atoms with Crippen LogP contribution in [0.3, 0.4) is 0 Å². The minimum absolute atomic E-state index is 0.121. The molecule has 0 aliphatic heterocycles. The Balaban J connectivity index is 3.11. The van der Waals surface area contributed by atoms with Crippen molar-refractivity contribution < 1.29 is 28.7 Å². The summed E-state index contributed by atoms with van der Waals surface area (Å²) >= 11 is 5.94. The smallest absolute Gasteiger partial charge is 0.320 e. The van der Waals surface area contributed by atoms with Crippen LogP contribution in [0.15, 0.2) is 24.3 Å². The van der Waals surface area contributed by atoms with Gasteiger partial charge in [0.1, 0.15) is 6.04 Å². The molecule has 25 heavy (non-hydrogen) atoms. The Kier molecular flexibility index (Phi) is 7.38. The summed E-state index contributed by atoms with van der Waals surface area (Å²) in [5.74, 6) is -5.85. The number of hydrogen-bond donors (Lipinski definition) is 2. The number of nitrogens with one attached hydrogen (secondary N) is 1. The predicted molar refractivity (Wildman–Crippen MR) is 88.6 cm³/mol. The van der Waals surface area contributed by atoms with Crippen molar-refractivity contribution in [3.63, 3.8) is 0 Å². The highest BCUT2D eigenvalue weighted by molar-refractivity contribution is 6.33. The van der Waals surface area contributed by atoms with Gasteiger partial charge in [0.05, 0.1) is 24.8 Å². The molecular formula is C16H19ClN2O6. The number of carbonyl (C=O) groups excluding carboxylic acids is 4. The van der Waals surface area contributed by atoms with Crippen molar-refractivity contribution in [3.8, 4) is 0 Å². The topological polar surface area (TPSA) is 125 Å². The number of primary amides is 1. The van der Waals surface area contributed by atoms with Crippen LogP contribution in [0, 0.1) is 11.8 Å². The highest BCUT2D eigenvalue weighted by Crippen LogP contribution is 2.21. The molecule has 8 nitrogen and oxygen atoms in total. The molecule has 2 amide bonds. The number of carbonyl (C=O) groups is 4. The van der Waals surface area contributed by atoms with Gasteiger partial charge in [0, 0.05) is 5.92 Å². The van der Waals surface area contributed by atoms with E-state index in [-0.39, 0.29) is 10.6 Å². The Morgan fingerprint density at radius 3 is 2.04 bits per heavy atom. The third-order valence-corrected chi connectivity index (χ3v) is 4.00. The fourth-order valence-electron chi connectivity index (χ4n) is 2.30. The van der Waals surface area contributed by atoms with Gasteiger partial charge in [-0.15, -0.1) is 0 Å². The molecule has 2 atom stereocenters. The van der Waals surface area contributed by atoms with Crippen molar-refractivity contribution >= 4 is 35.4 Å². The maximum Gasteiger partial charge on any atom is 0.320 e. The summed E-state index contributed by atoms with van der Waals surface area (Å²) in [7, 11) is 2.18. The molecule has 1 aromatic rings. The lowest BCUT2D eigenvalue weighted by Crippen LogP contribution is -2.52. The van der Waals surface area contributed by atoms with Crippen molar-refractivity contribution in [2.75, 3.05) is 14.2 Å². The van der Waals surface area contributed by atoms with E-state index < -0.39 is 41.6 Å². The third-order valence-electron chi connectivity index (χ3n) is 3.67. The minimum atomic E-state index is -1.43. The molecule has 1 rings (SSSR count). The van der Waals surface area contributed by atoms with Crippen LogP contribution in [-0.4, -0.2) is 44.0 Å². The average Bonchev–Trinajstić information content (AvgIpc) is 2.58. The molecule has 0 aliphatic carbocycles. The molecule has 0 spiro atoms. The third kappa shape index (κ3) is 4.93. The molecule has 0 saturated heterocycles. The summed E-state index contributed by atoms with van der Waals surface area (Å²) in [5, 5.41) is 2.57. The maximum absolute atomic E-state index is 12.4. The summed E-state index contributed by atoms with van der Waals surface area (Å²) in [4.78, 5) is 47.9. The number of nitrogens with two attached hydrogens (primary N) is 1. The van der Waals surface area contributed by atoms with E-state index in [2.05, 4.69) is 14.8 Å². The number of halogens is 1. The van der Waals surface area contributed by atoms with Gasteiger partial charge in [0.15, 0.2) is 5.92 Å². The van der Waals surface area contributed by atoms with E-state index >= 15 is 0 Å².